The highest BCUT2D eigenvalue weighted by atomic mass is 16.3. The van der Waals surface area contributed by atoms with Gasteiger partial charge in [0.1, 0.15) is 5.82 Å². The number of aromatic amines is 1. The van der Waals surface area contributed by atoms with E-state index in [9.17, 15) is 9.90 Å². The zero-order valence-corrected chi connectivity index (χ0v) is 14.0. The van der Waals surface area contributed by atoms with E-state index < -0.39 is 0 Å². The molecule has 2 aromatic heterocycles. The summed E-state index contributed by atoms with van der Waals surface area (Å²) in [6, 6.07) is -0.0510. The van der Waals surface area contributed by atoms with Gasteiger partial charge in [-0.05, 0) is 31.6 Å². The van der Waals surface area contributed by atoms with Crippen LogP contribution in [0.2, 0.25) is 0 Å². The fraction of sp³-hybridized carbons (Fsp3) is 0.688. The Morgan fingerprint density at radius 2 is 2.17 bits per heavy atom. The van der Waals surface area contributed by atoms with Crippen molar-refractivity contribution in [3.63, 3.8) is 0 Å². The number of anilines is 1. The zero-order chi connectivity index (χ0) is 16.6. The number of nitrogens with one attached hydrogen (secondary N) is 2. The second-order valence-corrected chi connectivity index (χ2v) is 6.86. The number of aromatic nitrogens is 4. The molecule has 126 valence electrons. The minimum atomic E-state index is -0.386. The van der Waals surface area contributed by atoms with Crippen LogP contribution in [0.5, 0.6) is 0 Å². The number of rotatable bonds is 5. The predicted octanol–water partition coefficient (Wildman–Crippen LogP) is 1.57. The van der Waals surface area contributed by atoms with Crippen molar-refractivity contribution in [3.8, 4) is 0 Å². The molecule has 0 saturated heterocycles. The van der Waals surface area contributed by atoms with Gasteiger partial charge in [0.05, 0.1) is 12.1 Å². The van der Waals surface area contributed by atoms with Gasteiger partial charge in [-0.1, -0.05) is 13.8 Å². The van der Waals surface area contributed by atoms with E-state index in [4.69, 9.17) is 0 Å². The summed E-state index contributed by atoms with van der Waals surface area (Å²) in [7, 11) is 1.69. The van der Waals surface area contributed by atoms with Crippen molar-refractivity contribution in [2.45, 2.75) is 58.1 Å². The monoisotopic (exact) mass is 319 g/mol. The molecule has 0 spiro atoms. The van der Waals surface area contributed by atoms with Crippen LogP contribution in [0.15, 0.2) is 4.79 Å². The average Bonchev–Trinajstić information content (AvgIpc) is 3.09. The topological polar surface area (TPSA) is 95.8 Å². The second kappa shape index (κ2) is 6.31. The molecular weight excluding hydrogens is 294 g/mol. The van der Waals surface area contributed by atoms with E-state index in [0.717, 1.165) is 37.9 Å². The number of hydrogen-bond donors (Lipinski definition) is 3. The SMILES string of the molecule is CC(C)CCc1nc2nc(N[C@@H]3CCC[C@H]3O)n(C)c(=O)c2[nH]1. The first-order chi connectivity index (χ1) is 11.0. The van der Waals surface area contributed by atoms with Gasteiger partial charge in [-0.25, -0.2) is 4.98 Å². The summed E-state index contributed by atoms with van der Waals surface area (Å²) < 4.78 is 1.48. The van der Waals surface area contributed by atoms with Gasteiger partial charge >= 0.3 is 0 Å². The molecule has 0 bridgehead atoms. The van der Waals surface area contributed by atoms with Gasteiger partial charge in [0.25, 0.3) is 5.56 Å². The molecule has 0 amide bonds. The highest BCUT2D eigenvalue weighted by molar-refractivity contribution is 5.71. The quantitative estimate of drug-likeness (QED) is 0.777. The summed E-state index contributed by atoms with van der Waals surface area (Å²) in [5.74, 6) is 1.85. The number of imidazole rings is 1. The van der Waals surface area contributed by atoms with Crippen molar-refractivity contribution in [1.82, 2.24) is 19.5 Å². The van der Waals surface area contributed by atoms with Crippen LogP contribution in [0.4, 0.5) is 5.95 Å². The number of nitrogens with zero attached hydrogens (tertiary/aromatic N) is 3. The number of fused-ring (bicyclic) bond motifs is 1. The molecule has 0 aromatic carbocycles. The number of hydrogen-bond acceptors (Lipinski definition) is 5. The number of aliphatic hydroxyl groups excluding tert-OH is 1. The first-order valence-corrected chi connectivity index (χ1v) is 8.36. The maximum absolute atomic E-state index is 12.5. The van der Waals surface area contributed by atoms with Crippen LogP contribution in [0.3, 0.4) is 0 Å². The standard InChI is InChI=1S/C16H25N5O2/c1-9(2)7-8-12-18-13-14(19-12)20-16(21(3)15(13)23)17-10-5-4-6-11(10)22/h9-11,22H,4-8H2,1-3H3,(H,17,20)(H,18,19)/t10-,11-/m1/s1. The molecule has 2 aromatic rings. The van der Waals surface area contributed by atoms with Crippen LogP contribution in [0.25, 0.3) is 11.2 Å². The maximum atomic E-state index is 12.5. The Kier molecular flexibility index (Phi) is 4.39. The number of aryl methyl sites for hydroxylation is 1. The van der Waals surface area contributed by atoms with E-state index >= 15 is 0 Å². The third-order valence-electron chi connectivity index (χ3n) is 4.53. The van der Waals surface area contributed by atoms with E-state index in [-0.39, 0.29) is 17.7 Å². The van der Waals surface area contributed by atoms with Crippen molar-refractivity contribution < 1.29 is 5.11 Å². The van der Waals surface area contributed by atoms with Crippen LogP contribution >= 0.6 is 0 Å². The van der Waals surface area contributed by atoms with E-state index in [1.807, 2.05) is 0 Å². The predicted molar refractivity (Wildman–Crippen MR) is 89.6 cm³/mol. The average molecular weight is 319 g/mol. The Hall–Kier alpha value is -1.89. The van der Waals surface area contributed by atoms with Gasteiger partial charge in [-0.15, -0.1) is 0 Å². The van der Waals surface area contributed by atoms with Gasteiger partial charge in [0.2, 0.25) is 5.95 Å². The van der Waals surface area contributed by atoms with E-state index in [0.29, 0.717) is 23.0 Å². The molecule has 0 radical (unpaired) electrons. The van der Waals surface area contributed by atoms with E-state index in [1.165, 1.54) is 4.57 Å². The second-order valence-electron chi connectivity index (χ2n) is 6.86. The first kappa shape index (κ1) is 16.0. The third-order valence-corrected chi connectivity index (χ3v) is 4.53. The molecule has 3 N–H and O–H groups in total. The van der Waals surface area contributed by atoms with Crippen molar-refractivity contribution in [2.75, 3.05) is 5.32 Å². The lowest BCUT2D eigenvalue weighted by atomic mass is 10.1. The highest BCUT2D eigenvalue weighted by Crippen LogP contribution is 2.22. The summed E-state index contributed by atoms with van der Waals surface area (Å²) >= 11 is 0. The normalized spacial score (nSPS) is 21.4. The molecule has 1 aliphatic carbocycles. The highest BCUT2D eigenvalue weighted by Gasteiger charge is 2.26. The van der Waals surface area contributed by atoms with Crippen LogP contribution in [-0.4, -0.2) is 36.8 Å². The summed E-state index contributed by atoms with van der Waals surface area (Å²) in [5, 5.41) is 13.1. The molecular formula is C16H25N5O2. The number of H-pyrrole nitrogens is 1. The molecule has 1 aliphatic rings. The van der Waals surface area contributed by atoms with Gasteiger partial charge < -0.3 is 15.4 Å². The third kappa shape index (κ3) is 3.24. The molecule has 7 heteroatoms. The Bertz CT molecular complexity index is 749. The zero-order valence-electron chi connectivity index (χ0n) is 14.0. The first-order valence-electron chi connectivity index (χ1n) is 8.36. The van der Waals surface area contributed by atoms with Crippen LogP contribution in [0, 0.1) is 5.92 Å². The Morgan fingerprint density at radius 3 is 2.83 bits per heavy atom. The lowest BCUT2D eigenvalue weighted by molar-refractivity contribution is 0.171. The van der Waals surface area contributed by atoms with Crippen LogP contribution < -0.4 is 10.9 Å². The fourth-order valence-corrected chi connectivity index (χ4v) is 3.03. The van der Waals surface area contributed by atoms with Gasteiger partial charge in [-0.3, -0.25) is 9.36 Å². The smallest absolute Gasteiger partial charge is 0.280 e. The summed E-state index contributed by atoms with van der Waals surface area (Å²) in [6.45, 7) is 4.32. The van der Waals surface area contributed by atoms with Crippen LogP contribution in [-0.2, 0) is 13.5 Å². The fourth-order valence-electron chi connectivity index (χ4n) is 3.03. The lowest BCUT2D eigenvalue weighted by Gasteiger charge is -2.18. The Balaban J connectivity index is 1.90. The molecule has 2 heterocycles. The van der Waals surface area contributed by atoms with Crippen molar-refractivity contribution in [1.29, 1.82) is 0 Å². The molecule has 7 nitrogen and oxygen atoms in total. The van der Waals surface area contributed by atoms with Crippen molar-refractivity contribution in [3.05, 3.63) is 16.2 Å². The summed E-state index contributed by atoms with van der Waals surface area (Å²) in [4.78, 5) is 24.5. The molecule has 2 atom stereocenters. The lowest BCUT2D eigenvalue weighted by Crippen LogP contribution is -2.32. The molecule has 3 rings (SSSR count). The molecule has 1 saturated carbocycles. The van der Waals surface area contributed by atoms with Gasteiger partial charge in [-0.2, -0.15) is 4.98 Å². The van der Waals surface area contributed by atoms with Crippen LogP contribution in [0.1, 0.15) is 45.4 Å². The molecule has 0 unspecified atom stereocenters. The van der Waals surface area contributed by atoms with E-state index in [2.05, 4.69) is 34.1 Å². The van der Waals surface area contributed by atoms with Crippen molar-refractivity contribution >= 4 is 17.1 Å². The van der Waals surface area contributed by atoms with Gasteiger partial charge in [0.15, 0.2) is 11.2 Å². The minimum absolute atomic E-state index is 0.0510. The molecule has 23 heavy (non-hydrogen) atoms. The summed E-state index contributed by atoms with van der Waals surface area (Å²) in [5.41, 5.74) is 0.749. The minimum Gasteiger partial charge on any atom is -0.391 e. The summed E-state index contributed by atoms with van der Waals surface area (Å²) in [6.07, 6.45) is 4.09. The molecule has 1 fully saturated rings. The largest absolute Gasteiger partial charge is 0.391 e. The Labute approximate surface area is 135 Å². The number of aliphatic hydroxyl groups is 1. The molecule has 0 aliphatic heterocycles. The van der Waals surface area contributed by atoms with Crippen molar-refractivity contribution in [2.24, 2.45) is 13.0 Å². The van der Waals surface area contributed by atoms with E-state index in [1.54, 1.807) is 7.05 Å². The van der Waals surface area contributed by atoms with Gasteiger partial charge in [0, 0.05) is 13.5 Å². The maximum Gasteiger partial charge on any atom is 0.280 e. The Morgan fingerprint density at radius 1 is 1.39 bits per heavy atom.